The van der Waals surface area contributed by atoms with Crippen LogP contribution >= 0.6 is 0 Å². The summed E-state index contributed by atoms with van der Waals surface area (Å²) in [6.07, 6.45) is 0. The Hall–Kier alpha value is -2.82. The first-order valence-electron chi connectivity index (χ1n) is 6.62. The summed E-state index contributed by atoms with van der Waals surface area (Å²) in [6, 6.07) is 11.3. The standard InChI is InChI=1S/C16H16N4O/c1-9-11(5-3-7-13(9)17)15-19-20-16(21-15)12-6-4-8-14(18)10(12)2/h3-8H,17-18H2,1-2H3. The molecular formula is C16H16N4O. The molecule has 1 aromatic heterocycles. The van der Waals surface area contributed by atoms with Crippen LogP contribution in [-0.2, 0) is 0 Å². The fraction of sp³-hybridized carbons (Fsp3) is 0.125. The second-order valence-corrected chi connectivity index (χ2v) is 4.95. The number of nitrogens with zero attached hydrogens (tertiary/aromatic N) is 2. The van der Waals surface area contributed by atoms with Crippen molar-refractivity contribution in [3.05, 3.63) is 47.5 Å². The van der Waals surface area contributed by atoms with Crippen LogP contribution in [-0.4, -0.2) is 10.2 Å². The highest BCUT2D eigenvalue weighted by Crippen LogP contribution is 2.30. The Kier molecular flexibility index (Phi) is 3.10. The molecule has 106 valence electrons. The van der Waals surface area contributed by atoms with E-state index in [1.54, 1.807) is 0 Å². The molecule has 0 bridgehead atoms. The van der Waals surface area contributed by atoms with Crippen LogP contribution < -0.4 is 11.5 Å². The van der Waals surface area contributed by atoms with Gasteiger partial charge in [0.05, 0.1) is 0 Å². The molecule has 3 rings (SSSR count). The van der Waals surface area contributed by atoms with E-state index in [0.29, 0.717) is 23.2 Å². The molecule has 0 radical (unpaired) electrons. The summed E-state index contributed by atoms with van der Waals surface area (Å²) in [4.78, 5) is 0. The molecule has 2 aromatic carbocycles. The number of benzene rings is 2. The third-order valence-corrected chi connectivity index (χ3v) is 3.64. The van der Waals surface area contributed by atoms with E-state index >= 15 is 0 Å². The molecule has 0 saturated carbocycles. The van der Waals surface area contributed by atoms with Gasteiger partial charge < -0.3 is 15.9 Å². The zero-order chi connectivity index (χ0) is 15.0. The molecule has 0 aliphatic heterocycles. The first-order chi connectivity index (χ1) is 10.1. The fourth-order valence-corrected chi connectivity index (χ4v) is 2.21. The molecular weight excluding hydrogens is 264 g/mol. The van der Waals surface area contributed by atoms with Gasteiger partial charge in [-0.25, -0.2) is 0 Å². The van der Waals surface area contributed by atoms with Crippen LogP contribution in [0.25, 0.3) is 22.9 Å². The largest absolute Gasteiger partial charge is 0.416 e. The Bertz CT molecular complexity index is 742. The van der Waals surface area contributed by atoms with Gasteiger partial charge in [-0.05, 0) is 49.2 Å². The molecule has 0 aliphatic rings. The van der Waals surface area contributed by atoms with Crippen LogP contribution in [0.15, 0.2) is 40.8 Å². The Morgan fingerprint density at radius 2 is 1.19 bits per heavy atom. The van der Waals surface area contributed by atoms with Gasteiger partial charge in [0, 0.05) is 22.5 Å². The zero-order valence-electron chi connectivity index (χ0n) is 11.9. The highest BCUT2D eigenvalue weighted by atomic mass is 16.4. The number of nitrogen functional groups attached to an aromatic ring is 2. The minimum Gasteiger partial charge on any atom is -0.416 e. The average molecular weight is 280 g/mol. The van der Waals surface area contributed by atoms with Crippen LogP contribution in [0.2, 0.25) is 0 Å². The van der Waals surface area contributed by atoms with Crippen molar-refractivity contribution in [2.75, 3.05) is 11.5 Å². The van der Waals surface area contributed by atoms with Gasteiger partial charge in [-0.1, -0.05) is 12.1 Å². The second-order valence-electron chi connectivity index (χ2n) is 4.95. The summed E-state index contributed by atoms with van der Waals surface area (Å²) < 4.78 is 5.79. The summed E-state index contributed by atoms with van der Waals surface area (Å²) in [5.74, 6) is 0.910. The lowest BCUT2D eigenvalue weighted by Gasteiger charge is -2.05. The summed E-state index contributed by atoms with van der Waals surface area (Å²) in [5.41, 5.74) is 16.8. The maximum Gasteiger partial charge on any atom is 0.248 e. The molecule has 21 heavy (non-hydrogen) atoms. The minimum atomic E-state index is 0.455. The normalized spacial score (nSPS) is 10.8. The lowest BCUT2D eigenvalue weighted by atomic mass is 10.1. The maximum atomic E-state index is 5.91. The highest BCUT2D eigenvalue weighted by Gasteiger charge is 2.15. The molecule has 5 nitrogen and oxygen atoms in total. The van der Waals surface area contributed by atoms with Crippen LogP contribution in [0, 0.1) is 13.8 Å². The van der Waals surface area contributed by atoms with Gasteiger partial charge in [-0.15, -0.1) is 10.2 Å². The molecule has 4 N–H and O–H groups in total. The van der Waals surface area contributed by atoms with E-state index in [1.807, 2.05) is 50.2 Å². The number of nitrogens with two attached hydrogens (primary N) is 2. The first kappa shape index (κ1) is 13.2. The zero-order valence-corrected chi connectivity index (χ0v) is 11.9. The van der Waals surface area contributed by atoms with Gasteiger partial charge in [-0.2, -0.15) is 0 Å². The number of rotatable bonds is 2. The first-order valence-corrected chi connectivity index (χ1v) is 6.62. The topological polar surface area (TPSA) is 91.0 Å². The highest BCUT2D eigenvalue weighted by molar-refractivity contribution is 5.70. The lowest BCUT2D eigenvalue weighted by Crippen LogP contribution is -1.92. The summed E-state index contributed by atoms with van der Waals surface area (Å²) in [5, 5.41) is 8.24. The van der Waals surface area contributed by atoms with Gasteiger partial charge in [0.15, 0.2) is 0 Å². The van der Waals surface area contributed by atoms with Crippen LogP contribution in [0.1, 0.15) is 11.1 Å². The molecule has 0 unspecified atom stereocenters. The van der Waals surface area contributed by atoms with Crippen molar-refractivity contribution < 1.29 is 4.42 Å². The Morgan fingerprint density at radius 1 is 0.762 bits per heavy atom. The number of hydrogen-bond acceptors (Lipinski definition) is 5. The van der Waals surface area contributed by atoms with Crippen LogP contribution in [0.4, 0.5) is 11.4 Å². The molecule has 5 heteroatoms. The maximum absolute atomic E-state index is 5.91. The van der Waals surface area contributed by atoms with Gasteiger partial charge in [0.2, 0.25) is 11.8 Å². The van der Waals surface area contributed by atoms with Crippen molar-refractivity contribution in [1.29, 1.82) is 0 Å². The summed E-state index contributed by atoms with van der Waals surface area (Å²) in [7, 11) is 0. The Morgan fingerprint density at radius 3 is 1.62 bits per heavy atom. The third kappa shape index (κ3) is 2.23. The van der Waals surface area contributed by atoms with E-state index < -0.39 is 0 Å². The van der Waals surface area contributed by atoms with Gasteiger partial charge in [0.1, 0.15) is 0 Å². The van der Waals surface area contributed by atoms with Crippen molar-refractivity contribution in [2.45, 2.75) is 13.8 Å². The second kappa shape index (κ2) is 4.94. The van der Waals surface area contributed by atoms with Crippen molar-refractivity contribution >= 4 is 11.4 Å². The van der Waals surface area contributed by atoms with Crippen molar-refractivity contribution in [2.24, 2.45) is 0 Å². The average Bonchev–Trinajstić information content (AvgIpc) is 2.94. The van der Waals surface area contributed by atoms with Crippen molar-refractivity contribution in [1.82, 2.24) is 10.2 Å². The molecule has 0 atom stereocenters. The molecule has 0 aliphatic carbocycles. The van der Waals surface area contributed by atoms with Gasteiger partial charge >= 0.3 is 0 Å². The predicted octanol–water partition coefficient (Wildman–Crippen LogP) is 3.18. The molecule has 1 heterocycles. The number of anilines is 2. The van der Waals surface area contributed by atoms with E-state index in [-0.39, 0.29) is 0 Å². The van der Waals surface area contributed by atoms with Crippen LogP contribution in [0.5, 0.6) is 0 Å². The van der Waals surface area contributed by atoms with E-state index in [1.165, 1.54) is 0 Å². The number of aromatic nitrogens is 2. The third-order valence-electron chi connectivity index (χ3n) is 3.64. The van der Waals surface area contributed by atoms with Crippen LogP contribution in [0.3, 0.4) is 0 Å². The van der Waals surface area contributed by atoms with E-state index in [0.717, 1.165) is 22.3 Å². The molecule has 0 spiro atoms. The quantitative estimate of drug-likeness (QED) is 0.703. The van der Waals surface area contributed by atoms with E-state index in [9.17, 15) is 0 Å². The monoisotopic (exact) mass is 280 g/mol. The minimum absolute atomic E-state index is 0.455. The summed E-state index contributed by atoms with van der Waals surface area (Å²) >= 11 is 0. The van der Waals surface area contributed by atoms with E-state index in [4.69, 9.17) is 15.9 Å². The van der Waals surface area contributed by atoms with Crippen molar-refractivity contribution in [3.63, 3.8) is 0 Å². The molecule has 0 amide bonds. The Labute approximate surface area is 122 Å². The molecule has 0 fully saturated rings. The van der Waals surface area contributed by atoms with Gasteiger partial charge in [0.25, 0.3) is 0 Å². The van der Waals surface area contributed by atoms with Crippen molar-refractivity contribution in [3.8, 4) is 22.9 Å². The lowest BCUT2D eigenvalue weighted by molar-refractivity contribution is 0.584. The Balaban J connectivity index is 2.08. The van der Waals surface area contributed by atoms with E-state index in [2.05, 4.69) is 10.2 Å². The smallest absolute Gasteiger partial charge is 0.248 e. The summed E-state index contributed by atoms with van der Waals surface area (Å²) in [6.45, 7) is 3.86. The molecule has 0 saturated heterocycles. The predicted molar refractivity (Wildman–Crippen MR) is 83.5 cm³/mol. The molecule has 3 aromatic rings. The fourth-order valence-electron chi connectivity index (χ4n) is 2.21. The number of hydrogen-bond donors (Lipinski definition) is 2. The SMILES string of the molecule is Cc1c(N)cccc1-c1nnc(-c2cccc(N)c2C)o1. The van der Waals surface area contributed by atoms with Gasteiger partial charge in [-0.3, -0.25) is 0 Å².